The van der Waals surface area contributed by atoms with E-state index in [1.165, 1.54) is 0 Å². The number of rotatable bonds is 7. The quantitative estimate of drug-likeness (QED) is 0.690. The number of carbonyl (C=O) groups is 2. The molecule has 0 aromatic heterocycles. The zero-order valence-electron chi connectivity index (χ0n) is 18.3. The van der Waals surface area contributed by atoms with Crippen molar-refractivity contribution in [3.63, 3.8) is 0 Å². The monoisotopic (exact) mass is 438 g/mol. The fourth-order valence-corrected chi connectivity index (χ4v) is 4.63. The Morgan fingerprint density at radius 3 is 2.47 bits per heavy atom. The summed E-state index contributed by atoms with van der Waals surface area (Å²) in [5.41, 5.74) is 0.481. The van der Waals surface area contributed by atoms with Crippen molar-refractivity contribution in [2.75, 3.05) is 26.3 Å². The van der Waals surface area contributed by atoms with E-state index in [9.17, 15) is 9.59 Å². The molecule has 0 saturated carbocycles. The lowest BCUT2D eigenvalue weighted by Gasteiger charge is -2.43. The summed E-state index contributed by atoms with van der Waals surface area (Å²) in [5.74, 6) is -0.116. The first-order chi connectivity index (χ1) is 15.5. The molecular weight excluding hydrogens is 408 g/mol. The number of carboxylic acids is 1. The van der Waals surface area contributed by atoms with Gasteiger partial charge in [0.25, 0.3) is 0 Å². The van der Waals surface area contributed by atoms with Crippen LogP contribution in [0.3, 0.4) is 0 Å². The lowest BCUT2D eigenvalue weighted by atomic mass is 9.86. The predicted molar refractivity (Wildman–Crippen MR) is 120 cm³/mol. The first-order valence-electron chi connectivity index (χ1n) is 11.2. The number of carboxylic acid groups (broad SMARTS) is 1. The zero-order chi connectivity index (χ0) is 22.6. The topological polar surface area (TPSA) is 88.1 Å². The Labute approximate surface area is 188 Å². The highest BCUT2D eigenvalue weighted by molar-refractivity contribution is 5.88. The molecule has 2 aliphatic heterocycles. The summed E-state index contributed by atoms with van der Waals surface area (Å²) < 4.78 is 11.7. The van der Waals surface area contributed by atoms with Crippen molar-refractivity contribution in [2.24, 2.45) is 0 Å². The number of para-hydroxylation sites is 1. The van der Waals surface area contributed by atoms with Crippen molar-refractivity contribution in [3.05, 3.63) is 65.7 Å². The van der Waals surface area contributed by atoms with E-state index in [-0.39, 0.29) is 23.6 Å². The van der Waals surface area contributed by atoms with Gasteiger partial charge in [0.15, 0.2) is 0 Å². The highest BCUT2D eigenvalue weighted by Gasteiger charge is 2.48. The van der Waals surface area contributed by atoms with Crippen LogP contribution in [0, 0.1) is 0 Å². The summed E-state index contributed by atoms with van der Waals surface area (Å²) in [7, 11) is 0. The van der Waals surface area contributed by atoms with Gasteiger partial charge in [0.2, 0.25) is 5.91 Å². The van der Waals surface area contributed by atoms with Crippen molar-refractivity contribution in [1.82, 2.24) is 10.2 Å². The number of carbonyl (C=O) groups excluding carboxylic acids is 1. The van der Waals surface area contributed by atoms with Gasteiger partial charge in [-0.05, 0) is 56.0 Å². The fraction of sp³-hybridized carbons (Fsp3) is 0.440. The number of benzene rings is 2. The van der Waals surface area contributed by atoms with Gasteiger partial charge in [0, 0.05) is 26.3 Å². The minimum atomic E-state index is -0.962. The smallest absolute Gasteiger partial charge is 0.335 e. The Kier molecular flexibility index (Phi) is 6.77. The molecule has 0 radical (unpaired) electrons. The zero-order valence-corrected chi connectivity index (χ0v) is 18.3. The van der Waals surface area contributed by atoms with E-state index in [1.54, 1.807) is 24.3 Å². The van der Waals surface area contributed by atoms with Crippen LogP contribution in [0.4, 0.5) is 0 Å². The van der Waals surface area contributed by atoms with E-state index in [4.69, 9.17) is 14.6 Å². The molecular formula is C25H30N2O5. The van der Waals surface area contributed by atoms with Crippen LogP contribution in [0.15, 0.2) is 54.6 Å². The second-order valence-electron chi connectivity index (χ2n) is 8.55. The molecule has 4 rings (SSSR count). The number of hydrogen-bond donors (Lipinski definition) is 2. The Morgan fingerprint density at radius 1 is 1.12 bits per heavy atom. The van der Waals surface area contributed by atoms with Crippen LogP contribution in [-0.2, 0) is 9.53 Å². The number of nitrogens with zero attached hydrogens (tertiary/aromatic N) is 1. The molecule has 2 heterocycles. The van der Waals surface area contributed by atoms with Crippen molar-refractivity contribution < 1.29 is 24.2 Å². The normalized spacial score (nSPS) is 21.6. The van der Waals surface area contributed by atoms with Crippen molar-refractivity contribution in [3.8, 4) is 5.75 Å². The average Bonchev–Trinajstić information content (AvgIpc) is 3.29. The molecule has 0 bridgehead atoms. The Hall–Kier alpha value is -2.90. The van der Waals surface area contributed by atoms with E-state index in [0.29, 0.717) is 32.6 Å². The SMILES string of the molecule is CC(NC(=O)C1(N2CC[C@@H](Oc3ccccc3)C2)CCOCC1)c1ccc(C(=O)O)cc1. The van der Waals surface area contributed by atoms with Gasteiger partial charge in [-0.25, -0.2) is 4.79 Å². The molecule has 32 heavy (non-hydrogen) atoms. The van der Waals surface area contributed by atoms with Crippen molar-refractivity contribution in [1.29, 1.82) is 0 Å². The molecule has 2 aromatic rings. The summed E-state index contributed by atoms with van der Waals surface area (Å²) >= 11 is 0. The summed E-state index contributed by atoms with van der Waals surface area (Å²) in [6.45, 7) is 4.52. The average molecular weight is 439 g/mol. The number of hydrogen-bond acceptors (Lipinski definition) is 5. The summed E-state index contributed by atoms with van der Waals surface area (Å²) in [4.78, 5) is 27.0. The molecule has 2 aromatic carbocycles. The van der Waals surface area contributed by atoms with Crippen LogP contribution < -0.4 is 10.1 Å². The molecule has 2 fully saturated rings. The molecule has 7 nitrogen and oxygen atoms in total. The van der Waals surface area contributed by atoms with Crippen LogP contribution >= 0.6 is 0 Å². The van der Waals surface area contributed by atoms with Crippen molar-refractivity contribution >= 4 is 11.9 Å². The maximum Gasteiger partial charge on any atom is 0.335 e. The molecule has 2 N–H and O–H groups in total. The third-order valence-electron chi connectivity index (χ3n) is 6.54. The molecule has 1 amide bonds. The third kappa shape index (κ3) is 4.79. The van der Waals surface area contributed by atoms with Gasteiger partial charge < -0.3 is 19.9 Å². The lowest BCUT2D eigenvalue weighted by molar-refractivity contribution is -0.140. The number of aromatic carboxylic acids is 1. The fourth-order valence-electron chi connectivity index (χ4n) is 4.63. The molecule has 0 aliphatic carbocycles. The minimum Gasteiger partial charge on any atom is -0.489 e. The van der Waals surface area contributed by atoms with Crippen LogP contribution in [0.2, 0.25) is 0 Å². The van der Waals surface area contributed by atoms with Crippen LogP contribution in [0.1, 0.15) is 48.1 Å². The maximum absolute atomic E-state index is 13.6. The van der Waals surface area contributed by atoms with Crippen LogP contribution in [0.25, 0.3) is 0 Å². The van der Waals surface area contributed by atoms with E-state index in [1.807, 2.05) is 37.3 Å². The Morgan fingerprint density at radius 2 is 1.81 bits per heavy atom. The van der Waals surface area contributed by atoms with Gasteiger partial charge >= 0.3 is 5.97 Å². The minimum absolute atomic E-state index is 0.00373. The summed E-state index contributed by atoms with van der Waals surface area (Å²) in [6, 6.07) is 16.2. The maximum atomic E-state index is 13.6. The third-order valence-corrected chi connectivity index (χ3v) is 6.54. The van der Waals surface area contributed by atoms with Gasteiger partial charge in [-0.3, -0.25) is 9.69 Å². The van der Waals surface area contributed by atoms with Crippen LogP contribution in [-0.4, -0.2) is 59.8 Å². The highest BCUT2D eigenvalue weighted by Crippen LogP contribution is 2.33. The standard InChI is InChI=1S/C25H30N2O5/c1-18(19-7-9-20(10-8-19)23(28)29)26-24(30)25(12-15-31-16-13-25)27-14-11-22(17-27)32-21-5-3-2-4-6-21/h2-10,18,22H,11-17H2,1H3,(H,26,30)(H,28,29)/t18?,22-/m1/s1. The largest absolute Gasteiger partial charge is 0.489 e. The van der Waals surface area contributed by atoms with Gasteiger partial charge in [-0.1, -0.05) is 30.3 Å². The first-order valence-corrected chi connectivity index (χ1v) is 11.2. The van der Waals surface area contributed by atoms with E-state index >= 15 is 0 Å². The molecule has 2 atom stereocenters. The molecule has 170 valence electrons. The molecule has 0 spiro atoms. The first kappa shape index (κ1) is 22.3. The predicted octanol–water partition coefficient (Wildman–Crippen LogP) is 3.26. The second kappa shape index (κ2) is 9.71. The Balaban J connectivity index is 1.45. The van der Waals surface area contributed by atoms with E-state index in [2.05, 4.69) is 10.2 Å². The lowest BCUT2D eigenvalue weighted by Crippen LogP contribution is -2.61. The highest BCUT2D eigenvalue weighted by atomic mass is 16.5. The number of amides is 1. The van der Waals surface area contributed by atoms with E-state index < -0.39 is 11.5 Å². The number of ether oxygens (including phenoxy) is 2. The van der Waals surface area contributed by atoms with Crippen LogP contribution in [0.5, 0.6) is 5.75 Å². The molecule has 2 saturated heterocycles. The van der Waals surface area contributed by atoms with E-state index in [0.717, 1.165) is 24.3 Å². The Bertz CT molecular complexity index is 925. The number of likely N-dealkylation sites (tertiary alicyclic amines) is 1. The summed E-state index contributed by atoms with van der Waals surface area (Å²) in [5, 5.41) is 12.3. The van der Waals surface area contributed by atoms with Gasteiger partial charge in [0.05, 0.1) is 11.6 Å². The molecule has 1 unspecified atom stereocenters. The number of nitrogens with one attached hydrogen (secondary N) is 1. The van der Waals surface area contributed by atoms with Crippen molar-refractivity contribution in [2.45, 2.75) is 43.9 Å². The van der Waals surface area contributed by atoms with Gasteiger partial charge in [-0.2, -0.15) is 0 Å². The van der Waals surface area contributed by atoms with Gasteiger partial charge in [0.1, 0.15) is 17.4 Å². The van der Waals surface area contributed by atoms with Gasteiger partial charge in [-0.15, -0.1) is 0 Å². The second-order valence-corrected chi connectivity index (χ2v) is 8.55. The molecule has 2 aliphatic rings. The molecule has 7 heteroatoms. The summed E-state index contributed by atoms with van der Waals surface area (Å²) in [6.07, 6.45) is 2.20.